The quantitative estimate of drug-likeness (QED) is 0.681. The van der Waals surface area contributed by atoms with Gasteiger partial charge in [-0.2, -0.15) is 0 Å². The molecule has 0 amide bonds. The van der Waals surface area contributed by atoms with E-state index in [0.29, 0.717) is 19.3 Å². The van der Waals surface area contributed by atoms with Crippen molar-refractivity contribution in [1.29, 1.82) is 0 Å². The molecule has 0 bridgehead atoms. The predicted octanol–water partition coefficient (Wildman–Crippen LogP) is 0.818. The lowest BCUT2D eigenvalue weighted by atomic mass is 9.99. The number of hydrogen-bond donors (Lipinski definition) is 2. The third-order valence-electron chi connectivity index (χ3n) is 2.72. The van der Waals surface area contributed by atoms with Gasteiger partial charge in [0.2, 0.25) is 0 Å². The van der Waals surface area contributed by atoms with E-state index in [0.717, 1.165) is 0 Å². The Labute approximate surface area is 90.8 Å². The number of rotatable bonds is 4. The second kappa shape index (κ2) is 4.10. The first-order valence-corrected chi connectivity index (χ1v) is 5.42. The van der Waals surface area contributed by atoms with Gasteiger partial charge in [0.1, 0.15) is 5.60 Å². The summed E-state index contributed by atoms with van der Waals surface area (Å²) in [5.74, 6) is -0.212. The summed E-state index contributed by atoms with van der Waals surface area (Å²) in [6.07, 6.45) is 1.91. The molecule has 0 radical (unpaired) electrons. The average Bonchev–Trinajstić information content (AvgIpc) is 2.72. The lowest BCUT2D eigenvalue weighted by molar-refractivity contribution is -0.162. The Bertz CT molecular complexity index is 247. The summed E-state index contributed by atoms with van der Waals surface area (Å²) in [6.45, 7) is 5.63. The van der Waals surface area contributed by atoms with Crippen molar-refractivity contribution >= 4 is 5.97 Å². The molecule has 4 nitrogen and oxygen atoms in total. The molecule has 1 aliphatic rings. The average molecular weight is 215 g/mol. The van der Waals surface area contributed by atoms with Crippen molar-refractivity contribution in [3.05, 3.63) is 0 Å². The normalized spacial score (nSPS) is 30.1. The summed E-state index contributed by atoms with van der Waals surface area (Å²) in [5, 5.41) is 8.77. The van der Waals surface area contributed by atoms with Crippen LogP contribution in [0.15, 0.2) is 0 Å². The number of carbonyl (C=O) groups excluding carboxylic acids is 1. The topological polar surface area (TPSA) is 72.5 Å². The summed E-state index contributed by atoms with van der Waals surface area (Å²) < 4.78 is 5.33. The Balaban J connectivity index is 2.56. The molecule has 0 aromatic carbocycles. The van der Waals surface area contributed by atoms with Crippen LogP contribution in [0.4, 0.5) is 0 Å². The van der Waals surface area contributed by atoms with E-state index in [-0.39, 0.29) is 18.6 Å². The molecule has 2 unspecified atom stereocenters. The Morgan fingerprint density at radius 2 is 2.13 bits per heavy atom. The Morgan fingerprint density at radius 1 is 1.60 bits per heavy atom. The zero-order chi connectivity index (χ0) is 11.7. The molecule has 0 aliphatic heterocycles. The van der Waals surface area contributed by atoms with E-state index in [4.69, 9.17) is 15.6 Å². The molecule has 3 N–H and O–H groups in total. The van der Waals surface area contributed by atoms with Crippen molar-refractivity contribution in [2.24, 2.45) is 11.1 Å². The molecule has 0 saturated heterocycles. The van der Waals surface area contributed by atoms with Gasteiger partial charge in [-0.15, -0.1) is 0 Å². The molecule has 0 heterocycles. The SMILES string of the molecule is CC(C)(C)OC(=O)C1(CCCO)CC1N. The first-order chi connectivity index (χ1) is 6.82. The lowest BCUT2D eigenvalue weighted by Crippen LogP contribution is -2.33. The second-order valence-electron chi connectivity index (χ2n) is 5.30. The zero-order valence-electron chi connectivity index (χ0n) is 9.75. The zero-order valence-corrected chi connectivity index (χ0v) is 9.75. The maximum Gasteiger partial charge on any atom is 0.314 e. The molecule has 4 heteroatoms. The minimum absolute atomic E-state index is 0.0945. The van der Waals surface area contributed by atoms with Crippen LogP contribution in [0.3, 0.4) is 0 Å². The Morgan fingerprint density at radius 3 is 2.47 bits per heavy atom. The predicted molar refractivity (Wildman–Crippen MR) is 57.2 cm³/mol. The van der Waals surface area contributed by atoms with Crippen LogP contribution in [0.25, 0.3) is 0 Å². The molecule has 1 saturated carbocycles. The van der Waals surface area contributed by atoms with Crippen LogP contribution in [-0.2, 0) is 9.53 Å². The van der Waals surface area contributed by atoms with Crippen molar-refractivity contribution in [3.63, 3.8) is 0 Å². The van der Waals surface area contributed by atoms with Crippen LogP contribution in [0, 0.1) is 5.41 Å². The van der Waals surface area contributed by atoms with Crippen LogP contribution >= 0.6 is 0 Å². The van der Waals surface area contributed by atoms with E-state index < -0.39 is 11.0 Å². The van der Waals surface area contributed by atoms with Gasteiger partial charge in [0, 0.05) is 12.6 Å². The van der Waals surface area contributed by atoms with Gasteiger partial charge in [0.05, 0.1) is 5.41 Å². The molecule has 2 atom stereocenters. The van der Waals surface area contributed by atoms with Crippen LogP contribution in [-0.4, -0.2) is 29.3 Å². The monoisotopic (exact) mass is 215 g/mol. The molecule has 1 rings (SSSR count). The van der Waals surface area contributed by atoms with Gasteiger partial charge >= 0.3 is 5.97 Å². The summed E-state index contributed by atoms with van der Waals surface area (Å²) >= 11 is 0. The highest BCUT2D eigenvalue weighted by Gasteiger charge is 2.59. The van der Waals surface area contributed by atoms with Crippen molar-refractivity contribution in [1.82, 2.24) is 0 Å². The van der Waals surface area contributed by atoms with E-state index in [1.165, 1.54) is 0 Å². The number of nitrogens with two attached hydrogens (primary N) is 1. The third kappa shape index (κ3) is 2.92. The summed E-state index contributed by atoms with van der Waals surface area (Å²) in [4.78, 5) is 11.9. The molecule has 88 valence electrons. The highest BCUT2D eigenvalue weighted by Crippen LogP contribution is 2.50. The Kier molecular flexibility index (Phi) is 3.41. The third-order valence-corrected chi connectivity index (χ3v) is 2.72. The number of hydrogen-bond acceptors (Lipinski definition) is 4. The van der Waals surface area contributed by atoms with Crippen molar-refractivity contribution in [3.8, 4) is 0 Å². The number of ether oxygens (including phenoxy) is 1. The van der Waals surface area contributed by atoms with E-state index in [1.54, 1.807) is 0 Å². The largest absolute Gasteiger partial charge is 0.459 e. The van der Waals surface area contributed by atoms with E-state index in [2.05, 4.69) is 0 Å². The highest BCUT2D eigenvalue weighted by atomic mass is 16.6. The summed E-state index contributed by atoms with van der Waals surface area (Å²) in [7, 11) is 0. The lowest BCUT2D eigenvalue weighted by Gasteiger charge is -2.24. The van der Waals surface area contributed by atoms with Crippen LogP contribution in [0.1, 0.15) is 40.0 Å². The van der Waals surface area contributed by atoms with Gasteiger partial charge in [-0.05, 0) is 40.0 Å². The number of esters is 1. The highest BCUT2D eigenvalue weighted by molar-refractivity contribution is 5.82. The maximum absolute atomic E-state index is 11.9. The van der Waals surface area contributed by atoms with Gasteiger partial charge < -0.3 is 15.6 Å². The van der Waals surface area contributed by atoms with Gasteiger partial charge in [-0.25, -0.2) is 0 Å². The number of aliphatic hydroxyl groups excluding tert-OH is 1. The molecule has 0 aromatic rings. The smallest absolute Gasteiger partial charge is 0.314 e. The maximum atomic E-state index is 11.9. The van der Waals surface area contributed by atoms with Crippen LogP contribution in [0.2, 0.25) is 0 Å². The van der Waals surface area contributed by atoms with Crippen LogP contribution < -0.4 is 5.73 Å². The fourth-order valence-electron chi connectivity index (χ4n) is 1.73. The molecular weight excluding hydrogens is 194 g/mol. The molecule has 1 aliphatic carbocycles. The van der Waals surface area contributed by atoms with Gasteiger partial charge in [-0.1, -0.05) is 0 Å². The minimum Gasteiger partial charge on any atom is -0.459 e. The standard InChI is InChI=1S/C11H21NO3/c1-10(2,3)15-9(14)11(5-4-6-13)7-8(11)12/h8,13H,4-7,12H2,1-3H3. The molecule has 0 spiro atoms. The van der Waals surface area contributed by atoms with Crippen molar-refractivity contribution in [2.45, 2.75) is 51.7 Å². The van der Waals surface area contributed by atoms with Crippen LogP contribution in [0.5, 0.6) is 0 Å². The molecule has 1 fully saturated rings. The molecule has 15 heavy (non-hydrogen) atoms. The molecular formula is C11H21NO3. The fourth-order valence-corrected chi connectivity index (χ4v) is 1.73. The van der Waals surface area contributed by atoms with Gasteiger partial charge in [-0.3, -0.25) is 4.79 Å². The van der Waals surface area contributed by atoms with Crippen molar-refractivity contribution in [2.75, 3.05) is 6.61 Å². The molecule has 0 aromatic heterocycles. The summed E-state index contributed by atoms with van der Waals surface area (Å²) in [6, 6.07) is -0.0982. The first-order valence-electron chi connectivity index (χ1n) is 5.42. The van der Waals surface area contributed by atoms with E-state index in [1.807, 2.05) is 20.8 Å². The number of carbonyl (C=O) groups is 1. The Hall–Kier alpha value is -0.610. The summed E-state index contributed by atoms with van der Waals surface area (Å²) in [5.41, 5.74) is 4.80. The number of aliphatic hydroxyl groups is 1. The van der Waals surface area contributed by atoms with Gasteiger partial charge in [0.15, 0.2) is 0 Å². The first kappa shape index (κ1) is 12.5. The van der Waals surface area contributed by atoms with E-state index >= 15 is 0 Å². The second-order valence-corrected chi connectivity index (χ2v) is 5.30. The minimum atomic E-state index is -0.518. The van der Waals surface area contributed by atoms with Crippen molar-refractivity contribution < 1.29 is 14.6 Å². The van der Waals surface area contributed by atoms with E-state index in [9.17, 15) is 4.79 Å². The van der Waals surface area contributed by atoms with Gasteiger partial charge in [0.25, 0.3) is 0 Å². The fraction of sp³-hybridized carbons (Fsp3) is 0.909.